The monoisotopic (exact) mass is 329 g/mol. The molecule has 1 unspecified atom stereocenters. The summed E-state index contributed by atoms with van der Waals surface area (Å²) in [5.74, 6) is 1.61. The van der Waals surface area contributed by atoms with Crippen molar-refractivity contribution in [1.29, 1.82) is 0 Å². The van der Waals surface area contributed by atoms with Gasteiger partial charge in [-0.1, -0.05) is 17.3 Å². The zero-order valence-corrected chi connectivity index (χ0v) is 13.6. The zero-order chi connectivity index (χ0) is 16.5. The fourth-order valence-corrected chi connectivity index (χ4v) is 3.18. The van der Waals surface area contributed by atoms with Gasteiger partial charge in [-0.25, -0.2) is 4.39 Å². The molecule has 126 valence electrons. The third-order valence-corrected chi connectivity index (χ3v) is 4.63. The summed E-state index contributed by atoms with van der Waals surface area (Å²) in [5, 5.41) is 12.7. The van der Waals surface area contributed by atoms with Crippen molar-refractivity contribution < 1.29 is 8.91 Å². The van der Waals surface area contributed by atoms with Crippen molar-refractivity contribution in [3.05, 3.63) is 30.3 Å². The molecule has 1 N–H and O–H groups in total. The summed E-state index contributed by atoms with van der Waals surface area (Å²) in [7, 11) is 0. The molecule has 1 fully saturated rings. The molecule has 0 spiro atoms. The molecule has 0 bridgehead atoms. The summed E-state index contributed by atoms with van der Waals surface area (Å²) in [6.07, 6.45) is 3.78. The van der Waals surface area contributed by atoms with E-state index < -0.39 is 6.67 Å². The normalized spacial score (nSPS) is 17.4. The molecule has 0 aliphatic carbocycles. The summed E-state index contributed by atoms with van der Waals surface area (Å²) in [6.45, 7) is 3.31. The molecule has 24 heavy (non-hydrogen) atoms. The van der Waals surface area contributed by atoms with Crippen molar-refractivity contribution in [1.82, 2.24) is 25.2 Å². The number of halogens is 1. The van der Waals surface area contributed by atoms with Gasteiger partial charge in [0.15, 0.2) is 0 Å². The standard InChI is InChI=1S/C17H20FN5O/c1-11(9-18)23-15-8-13(2-3-14(15)10-20-23)16-21-17(24-22-16)12-4-6-19-7-5-12/h2-3,8,10-12,19H,4-7,9H2,1H3. The van der Waals surface area contributed by atoms with Crippen molar-refractivity contribution >= 4 is 10.9 Å². The minimum Gasteiger partial charge on any atom is -0.339 e. The lowest BCUT2D eigenvalue weighted by Crippen LogP contribution is -2.26. The quantitative estimate of drug-likeness (QED) is 0.796. The summed E-state index contributed by atoms with van der Waals surface area (Å²) in [6, 6.07) is 5.56. The Bertz CT molecular complexity index is 836. The summed E-state index contributed by atoms with van der Waals surface area (Å²) in [5.41, 5.74) is 1.74. The third kappa shape index (κ3) is 2.69. The van der Waals surface area contributed by atoms with Gasteiger partial charge in [-0.05, 0) is 38.9 Å². The molecule has 6 nitrogen and oxygen atoms in total. The van der Waals surface area contributed by atoms with Gasteiger partial charge in [0.05, 0.1) is 17.8 Å². The first-order valence-electron chi connectivity index (χ1n) is 8.34. The highest BCUT2D eigenvalue weighted by atomic mass is 19.1. The van der Waals surface area contributed by atoms with Crippen molar-refractivity contribution in [3.63, 3.8) is 0 Å². The summed E-state index contributed by atoms with van der Waals surface area (Å²) in [4.78, 5) is 4.58. The molecule has 1 aliphatic heterocycles. The molecule has 1 aromatic carbocycles. The Hall–Kier alpha value is -2.28. The number of piperidine rings is 1. The van der Waals surface area contributed by atoms with E-state index in [-0.39, 0.29) is 6.04 Å². The lowest BCUT2D eigenvalue weighted by molar-refractivity contribution is 0.320. The fourth-order valence-electron chi connectivity index (χ4n) is 3.18. The van der Waals surface area contributed by atoms with E-state index in [1.165, 1.54) is 0 Å². The number of benzene rings is 1. The van der Waals surface area contributed by atoms with Crippen LogP contribution in [0.25, 0.3) is 22.3 Å². The summed E-state index contributed by atoms with van der Waals surface area (Å²) >= 11 is 0. The average molecular weight is 329 g/mol. The van der Waals surface area contributed by atoms with E-state index in [0.717, 1.165) is 42.4 Å². The van der Waals surface area contributed by atoms with Crippen LogP contribution < -0.4 is 5.32 Å². The number of alkyl halides is 1. The van der Waals surface area contributed by atoms with Crippen LogP contribution >= 0.6 is 0 Å². The first-order chi connectivity index (χ1) is 11.8. The number of hydrogen-bond acceptors (Lipinski definition) is 5. The van der Waals surface area contributed by atoms with Gasteiger partial charge in [0.2, 0.25) is 11.7 Å². The van der Waals surface area contributed by atoms with E-state index in [1.54, 1.807) is 10.9 Å². The van der Waals surface area contributed by atoms with Gasteiger partial charge in [-0.15, -0.1) is 0 Å². The highest BCUT2D eigenvalue weighted by molar-refractivity contribution is 5.83. The second-order valence-electron chi connectivity index (χ2n) is 6.35. The first-order valence-corrected chi connectivity index (χ1v) is 8.34. The van der Waals surface area contributed by atoms with Crippen molar-refractivity contribution in [3.8, 4) is 11.4 Å². The van der Waals surface area contributed by atoms with Crippen molar-refractivity contribution in [2.24, 2.45) is 0 Å². The van der Waals surface area contributed by atoms with Gasteiger partial charge < -0.3 is 9.84 Å². The molecule has 7 heteroatoms. The van der Waals surface area contributed by atoms with E-state index in [4.69, 9.17) is 4.52 Å². The Morgan fingerprint density at radius 2 is 2.21 bits per heavy atom. The van der Waals surface area contributed by atoms with Crippen molar-refractivity contribution in [2.75, 3.05) is 19.8 Å². The maximum atomic E-state index is 13.0. The molecule has 3 aromatic rings. The van der Waals surface area contributed by atoms with Gasteiger partial charge in [0.25, 0.3) is 0 Å². The zero-order valence-electron chi connectivity index (χ0n) is 13.6. The van der Waals surface area contributed by atoms with Crippen LogP contribution in [0.15, 0.2) is 28.9 Å². The Morgan fingerprint density at radius 3 is 3.00 bits per heavy atom. The molecule has 0 amide bonds. The minimum atomic E-state index is -0.455. The molecule has 2 aromatic heterocycles. The fraction of sp³-hybridized carbons (Fsp3) is 0.471. The predicted octanol–water partition coefficient (Wildman–Crippen LogP) is 3.08. The SMILES string of the molecule is CC(CF)n1ncc2ccc(-c3noc(C4CCNCC4)n3)cc21. The average Bonchev–Trinajstić information content (AvgIpc) is 3.28. The number of rotatable bonds is 4. The van der Waals surface area contributed by atoms with Crippen LogP contribution in [0.2, 0.25) is 0 Å². The van der Waals surface area contributed by atoms with Crippen LogP contribution in [0.5, 0.6) is 0 Å². The number of aromatic nitrogens is 4. The second-order valence-corrected chi connectivity index (χ2v) is 6.35. The highest BCUT2D eigenvalue weighted by Gasteiger charge is 2.22. The Morgan fingerprint density at radius 1 is 1.38 bits per heavy atom. The van der Waals surface area contributed by atoms with Crippen LogP contribution in [-0.2, 0) is 0 Å². The van der Waals surface area contributed by atoms with Crippen LogP contribution in [-0.4, -0.2) is 39.7 Å². The van der Waals surface area contributed by atoms with Gasteiger partial charge in [-0.2, -0.15) is 10.1 Å². The Balaban J connectivity index is 1.67. The number of fused-ring (bicyclic) bond motifs is 1. The lowest BCUT2D eigenvalue weighted by atomic mass is 9.98. The lowest BCUT2D eigenvalue weighted by Gasteiger charge is -2.18. The van der Waals surface area contributed by atoms with Crippen LogP contribution in [0.3, 0.4) is 0 Å². The van der Waals surface area contributed by atoms with E-state index in [0.29, 0.717) is 17.6 Å². The molecule has 0 saturated carbocycles. The molecular formula is C17H20FN5O. The smallest absolute Gasteiger partial charge is 0.230 e. The van der Waals surface area contributed by atoms with Crippen LogP contribution in [0.4, 0.5) is 4.39 Å². The molecule has 4 rings (SSSR count). The van der Waals surface area contributed by atoms with Crippen LogP contribution in [0, 0.1) is 0 Å². The minimum absolute atomic E-state index is 0.298. The largest absolute Gasteiger partial charge is 0.339 e. The van der Waals surface area contributed by atoms with Gasteiger partial charge >= 0.3 is 0 Å². The maximum Gasteiger partial charge on any atom is 0.230 e. The summed E-state index contributed by atoms with van der Waals surface area (Å²) < 4.78 is 20.2. The van der Waals surface area contributed by atoms with Crippen LogP contribution in [0.1, 0.15) is 37.6 Å². The van der Waals surface area contributed by atoms with Gasteiger partial charge in [0, 0.05) is 16.9 Å². The second kappa shape index (κ2) is 6.32. The molecule has 1 saturated heterocycles. The number of nitrogens with one attached hydrogen (secondary N) is 1. The number of nitrogens with zero attached hydrogens (tertiary/aromatic N) is 4. The van der Waals surface area contributed by atoms with E-state index >= 15 is 0 Å². The van der Waals surface area contributed by atoms with Gasteiger partial charge in [-0.3, -0.25) is 4.68 Å². The molecule has 3 heterocycles. The highest BCUT2D eigenvalue weighted by Crippen LogP contribution is 2.28. The topological polar surface area (TPSA) is 68.8 Å². The molecule has 1 aliphatic rings. The predicted molar refractivity (Wildman–Crippen MR) is 88.6 cm³/mol. The Kier molecular flexibility index (Phi) is 4.02. The van der Waals surface area contributed by atoms with E-state index in [9.17, 15) is 4.39 Å². The van der Waals surface area contributed by atoms with E-state index in [2.05, 4.69) is 20.6 Å². The molecular weight excluding hydrogens is 309 g/mol. The number of hydrogen-bond donors (Lipinski definition) is 1. The van der Waals surface area contributed by atoms with Crippen molar-refractivity contribution in [2.45, 2.75) is 31.7 Å². The Labute approximate surface area is 139 Å². The maximum absolute atomic E-state index is 13.0. The van der Waals surface area contributed by atoms with Gasteiger partial charge in [0.1, 0.15) is 6.67 Å². The first kappa shape index (κ1) is 15.3. The molecule has 0 radical (unpaired) electrons. The van der Waals surface area contributed by atoms with E-state index in [1.807, 2.05) is 25.1 Å². The third-order valence-electron chi connectivity index (χ3n) is 4.63. The molecule has 1 atom stereocenters.